The number of alkyl halides is 6. The third-order valence-electron chi connectivity index (χ3n) is 7.21. The van der Waals surface area contributed by atoms with Gasteiger partial charge in [0.25, 0.3) is 5.60 Å². The van der Waals surface area contributed by atoms with Crippen molar-refractivity contribution < 1.29 is 44.6 Å². The van der Waals surface area contributed by atoms with Gasteiger partial charge in [-0.25, -0.2) is 4.39 Å². The average Bonchev–Trinajstić information content (AvgIpc) is 2.73. The van der Waals surface area contributed by atoms with Gasteiger partial charge in [0.1, 0.15) is 0 Å². The Bertz CT molecular complexity index is 648. The van der Waals surface area contributed by atoms with Gasteiger partial charge in [-0.05, 0) is 62.2 Å². The molecule has 2 fully saturated rings. The van der Waals surface area contributed by atoms with Crippen LogP contribution in [0.25, 0.3) is 0 Å². The van der Waals surface area contributed by atoms with Gasteiger partial charge in [-0.3, -0.25) is 0 Å². The Morgan fingerprint density at radius 1 is 0.788 bits per heavy atom. The Balaban J connectivity index is 2.02. The van der Waals surface area contributed by atoms with Crippen LogP contribution in [0, 0.1) is 23.7 Å². The van der Waals surface area contributed by atoms with E-state index in [0.29, 0.717) is 11.8 Å². The molecule has 0 radical (unpaired) electrons. The molecule has 1 unspecified atom stereocenters. The molecule has 0 bridgehead atoms. The fourth-order valence-electron chi connectivity index (χ4n) is 5.26. The molecule has 2 rings (SSSR count). The van der Waals surface area contributed by atoms with Crippen LogP contribution in [0.1, 0.15) is 77.0 Å². The number of hydrogen-bond acceptors (Lipinski definition) is 1. The van der Waals surface area contributed by atoms with E-state index in [2.05, 4.69) is 0 Å². The van der Waals surface area contributed by atoms with Crippen LogP contribution in [0.4, 0.5) is 39.5 Å². The van der Waals surface area contributed by atoms with Gasteiger partial charge >= 0.3 is 18.4 Å². The molecule has 0 amide bonds. The lowest BCUT2D eigenvalue weighted by Crippen LogP contribution is -2.57. The monoisotopic (exact) mass is 494 g/mol. The van der Waals surface area contributed by atoms with Gasteiger partial charge in [0.05, 0.1) is 0 Å². The summed E-state index contributed by atoms with van der Waals surface area (Å²) >= 11 is 0. The van der Waals surface area contributed by atoms with E-state index in [4.69, 9.17) is 0 Å². The van der Waals surface area contributed by atoms with Crippen LogP contribution in [0.5, 0.6) is 0 Å². The lowest BCUT2D eigenvalue weighted by atomic mass is 9.71. The highest BCUT2D eigenvalue weighted by Gasteiger charge is 2.70. The van der Waals surface area contributed by atoms with E-state index < -0.39 is 55.0 Å². The molecule has 0 saturated heterocycles. The van der Waals surface area contributed by atoms with Crippen molar-refractivity contribution in [2.45, 2.75) is 95.0 Å². The number of allylic oxidation sites excluding steroid dienone is 3. The fraction of sp³-hybridized carbons (Fsp3) is 0.826. The first-order chi connectivity index (χ1) is 15.2. The number of rotatable bonds is 8. The molecule has 2 aliphatic rings. The van der Waals surface area contributed by atoms with Crippen LogP contribution in [0.3, 0.4) is 0 Å². The smallest absolute Gasteiger partial charge is 0.374 e. The van der Waals surface area contributed by atoms with Crippen molar-refractivity contribution in [3.8, 4) is 0 Å². The van der Waals surface area contributed by atoms with Crippen LogP contribution < -0.4 is 0 Å². The molecule has 2 saturated carbocycles. The first kappa shape index (κ1) is 28.1. The molecule has 1 nitrogen and oxygen atoms in total. The second-order valence-corrected chi connectivity index (χ2v) is 9.53. The van der Waals surface area contributed by atoms with E-state index in [9.17, 15) is 44.6 Å². The van der Waals surface area contributed by atoms with Gasteiger partial charge in [-0.15, -0.1) is 0 Å². The second-order valence-electron chi connectivity index (χ2n) is 9.53. The van der Waals surface area contributed by atoms with Gasteiger partial charge in [-0.2, -0.15) is 35.1 Å². The molecule has 33 heavy (non-hydrogen) atoms. The van der Waals surface area contributed by atoms with Crippen molar-refractivity contribution in [3.05, 3.63) is 24.1 Å². The lowest BCUT2D eigenvalue weighted by molar-refractivity contribution is -0.372. The molecular formula is C23H31F9O. The molecule has 0 aromatic carbocycles. The highest BCUT2D eigenvalue weighted by atomic mass is 19.4. The van der Waals surface area contributed by atoms with Crippen molar-refractivity contribution >= 4 is 0 Å². The highest BCUT2D eigenvalue weighted by Crippen LogP contribution is 2.48. The van der Waals surface area contributed by atoms with E-state index in [0.717, 1.165) is 25.7 Å². The molecule has 1 N–H and O–H groups in total. The fourth-order valence-corrected chi connectivity index (χ4v) is 5.26. The maximum absolute atomic E-state index is 13.4. The Labute approximate surface area is 188 Å². The average molecular weight is 494 g/mol. The van der Waals surface area contributed by atoms with Crippen molar-refractivity contribution in [3.63, 3.8) is 0 Å². The maximum atomic E-state index is 13.4. The minimum Gasteiger partial charge on any atom is -0.374 e. The first-order valence-corrected chi connectivity index (χ1v) is 11.5. The zero-order valence-electron chi connectivity index (χ0n) is 18.3. The molecule has 10 heteroatoms. The van der Waals surface area contributed by atoms with E-state index in [1.807, 2.05) is 0 Å². The summed E-state index contributed by atoms with van der Waals surface area (Å²) in [6.45, 7) is 0. The molecule has 0 aliphatic heterocycles. The van der Waals surface area contributed by atoms with Gasteiger partial charge in [0.15, 0.2) is 5.83 Å². The van der Waals surface area contributed by atoms with Crippen LogP contribution in [0.2, 0.25) is 0 Å². The summed E-state index contributed by atoms with van der Waals surface area (Å²) < 4.78 is 116. The molecule has 0 heterocycles. The largest absolute Gasteiger partial charge is 0.426 e. The minimum absolute atomic E-state index is 0.0907. The third-order valence-corrected chi connectivity index (χ3v) is 7.21. The molecular weight excluding hydrogens is 463 g/mol. The van der Waals surface area contributed by atoms with Gasteiger partial charge < -0.3 is 5.11 Å². The summed E-state index contributed by atoms with van der Waals surface area (Å²) in [5, 5.41) is 9.41. The standard InChI is InChI=1S/C23H31F9O/c24-19(20(25)26)13-16(14-21(33,22(27,28)29)23(30,31)32)6-4-5-15-9-11-18(12-10-15)17-7-2-1-3-8-17/h4-5,15-18,33H,1-3,6-14H2. The lowest BCUT2D eigenvalue weighted by Gasteiger charge is -2.35. The topological polar surface area (TPSA) is 20.2 Å². The Kier molecular flexibility index (Phi) is 9.77. The van der Waals surface area contributed by atoms with E-state index >= 15 is 0 Å². The summed E-state index contributed by atoms with van der Waals surface area (Å²) in [5.74, 6) is -2.46. The normalized spacial score (nSPS) is 24.8. The van der Waals surface area contributed by atoms with E-state index in [1.54, 1.807) is 6.08 Å². The zero-order chi connectivity index (χ0) is 24.9. The predicted octanol–water partition coefficient (Wildman–Crippen LogP) is 8.65. The summed E-state index contributed by atoms with van der Waals surface area (Å²) in [6.07, 6.45) is -5.88. The van der Waals surface area contributed by atoms with E-state index in [1.165, 1.54) is 38.2 Å². The molecule has 192 valence electrons. The summed E-state index contributed by atoms with van der Waals surface area (Å²) in [7, 11) is 0. The molecule has 0 aromatic rings. The first-order valence-electron chi connectivity index (χ1n) is 11.5. The Hall–Kier alpha value is -1.19. The van der Waals surface area contributed by atoms with E-state index in [-0.39, 0.29) is 5.92 Å². The van der Waals surface area contributed by atoms with Crippen LogP contribution in [-0.2, 0) is 0 Å². The van der Waals surface area contributed by atoms with Crippen LogP contribution in [0.15, 0.2) is 24.1 Å². The van der Waals surface area contributed by atoms with Gasteiger partial charge in [0, 0.05) is 6.42 Å². The third kappa shape index (κ3) is 7.65. The molecule has 0 spiro atoms. The highest BCUT2D eigenvalue weighted by molar-refractivity contribution is 5.02. The SMILES string of the molecule is OC(CC(CC=CC1CCC(C2CCCCC2)CC1)CC(F)=C(F)F)(C(F)(F)F)C(F)(F)F. The van der Waals surface area contributed by atoms with Crippen molar-refractivity contribution in [1.29, 1.82) is 0 Å². The zero-order valence-corrected chi connectivity index (χ0v) is 18.3. The predicted molar refractivity (Wildman–Crippen MR) is 106 cm³/mol. The Morgan fingerprint density at radius 3 is 1.79 bits per heavy atom. The summed E-state index contributed by atoms with van der Waals surface area (Å²) in [5.41, 5.74) is -5.11. The van der Waals surface area contributed by atoms with Crippen LogP contribution >= 0.6 is 0 Å². The van der Waals surface area contributed by atoms with Gasteiger partial charge in [-0.1, -0.05) is 44.3 Å². The second kappa shape index (κ2) is 11.5. The number of aliphatic hydroxyl groups is 1. The minimum atomic E-state index is -6.08. The Morgan fingerprint density at radius 2 is 1.30 bits per heavy atom. The maximum Gasteiger partial charge on any atom is 0.426 e. The summed E-state index contributed by atoms with van der Waals surface area (Å²) in [4.78, 5) is 0. The number of halogens is 9. The van der Waals surface area contributed by atoms with Crippen molar-refractivity contribution in [2.75, 3.05) is 0 Å². The van der Waals surface area contributed by atoms with Crippen molar-refractivity contribution in [2.24, 2.45) is 23.7 Å². The molecule has 1 atom stereocenters. The summed E-state index contributed by atoms with van der Waals surface area (Å²) in [6, 6.07) is 0. The van der Waals surface area contributed by atoms with Crippen LogP contribution in [-0.4, -0.2) is 23.1 Å². The molecule has 2 aliphatic carbocycles. The van der Waals surface area contributed by atoms with Crippen molar-refractivity contribution in [1.82, 2.24) is 0 Å². The van der Waals surface area contributed by atoms with Gasteiger partial charge in [0.2, 0.25) is 0 Å². The number of hydrogen-bond donors (Lipinski definition) is 1. The quantitative estimate of drug-likeness (QED) is 0.264. The molecule has 0 aromatic heterocycles.